The summed E-state index contributed by atoms with van der Waals surface area (Å²) in [5.74, 6) is -0.256. The molecule has 0 spiro atoms. The Morgan fingerprint density at radius 3 is 2.83 bits per heavy atom. The van der Waals surface area contributed by atoms with Crippen molar-refractivity contribution in [1.29, 1.82) is 0 Å². The molecule has 4 heteroatoms. The van der Waals surface area contributed by atoms with Gasteiger partial charge in [0.2, 0.25) is 5.91 Å². The number of carbonyl (C=O) groups is 2. The van der Waals surface area contributed by atoms with Crippen molar-refractivity contribution in [1.82, 2.24) is 5.32 Å². The molecule has 1 heterocycles. The second-order valence-corrected chi connectivity index (χ2v) is 3.04. The van der Waals surface area contributed by atoms with E-state index in [9.17, 15) is 9.59 Å². The summed E-state index contributed by atoms with van der Waals surface area (Å²) in [5.41, 5.74) is 0. The molecule has 4 nitrogen and oxygen atoms in total. The predicted molar refractivity (Wildman–Crippen MR) is 42.4 cm³/mol. The Kier molecular flexibility index (Phi) is 2.68. The van der Waals surface area contributed by atoms with Crippen LogP contribution in [-0.2, 0) is 14.3 Å². The standard InChI is InChI=1S/C8H13NO3/c1-5-7(12-6(2)10)3-4-8(11)9-5/h5,7H,3-4H2,1-2H3,(H,9,11). The van der Waals surface area contributed by atoms with Crippen LogP contribution in [0.3, 0.4) is 0 Å². The minimum Gasteiger partial charge on any atom is -0.460 e. The summed E-state index contributed by atoms with van der Waals surface area (Å²) >= 11 is 0. The Morgan fingerprint density at radius 1 is 1.67 bits per heavy atom. The third kappa shape index (κ3) is 2.22. The van der Waals surface area contributed by atoms with Crippen molar-refractivity contribution in [3.63, 3.8) is 0 Å². The summed E-state index contributed by atoms with van der Waals surface area (Å²) in [7, 11) is 0. The lowest BCUT2D eigenvalue weighted by Crippen LogP contribution is -2.47. The molecule has 1 N–H and O–H groups in total. The molecular formula is C8H13NO3. The van der Waals surface area contributed by atoms with Gasteiger partial charge in [0.15, 0.2) is 0 Å². The minimum absolute atomic E-state index is 0.0332. The van der Waals surface area contributed by atoms with Crippen LogP contribution in [0.25, 0.3) is 0 Å². The van der Waals surface area contributed by atoms with Crippen LogP contribution in [0.15, 0.2) is 0 Å². The summed E-state index contributed by atoms with van der Waals surface area (Å²) in [4.78, 5) is 21.5. The Balaban J connectivity index is 2.45. The summed E-state index contributed by atoms with van der Waals surface area (Å²) in [5, 5.41) is 2.72. The molecule has 1 aliphatic rings. The van der Waals surface area contributed by atoms with E-state index in [1.807, 2.05) is 6.92 Å². The number of carbonyl (C=O) groups excluding carboxylic acids is 2. The molecule has 1 rings (SSSR count). The smallest absolute Gasteiger partial charge is 0.302 e. The van der Waals surface area contributed by atoms with Crippen LogP contribution in [0.4, 0.5) is 0 Å². The number of esters is 1. The zero-order chi connectivity index (χ0) is 9.14. The highest BCUT2D eigenvalue weighted by Gasteiger charge is 2.27. The van der Waals surface area contributed by atoms with Crippen LogP contribution >= 0.6 is 0 Å². The molecule has 0 saturated carbocycles. The van der Waals surface area contributed by atoms with Gasteiger partial charge < -0.3 is 10.1 Å². The average molecular weight is 171 g/mol. The molecule has 2 atom stereocenters. The van der Waals surface area contributed by atoms with Crippen molar-refractivity contribution >= 4 is 11.9 Å². The van der Waals surface area contributed by atoms with E-state index < -0.39 is 0 Å². The fraction of sp³-hybridized carbons (Fsp3) is 0.750. The maximum atomic E-state index is 10.9. The lowest BCUT2D eigenvalue weighted by Gasteiger charge is -2.28. The van der Waals surface area contributed by atoms with Crippen LogP contribution in [-0.4, -0.2) is 24.0 Å². The molecule has 0 aromatic heterocycles. The number of nitrogens with one attached hydrogen (secondary N) is 1. The molecule has 12 heavy (non-hydrogen) atoms. The van der Waals surface area contributed by atoms with E-state index in [2.05, 4.69) is 5.32 Å². The van der Waals surface area contributed by atoms with E-state index >= 15 is 0 Å². The number of hydrogen-bond acceptors (Lipinski definition) is 3. The van der Waals surface area contributed by atoms with Crippen LogP contribution in [0.1, 0.15) is 26.7 Å². The van der Waals surface area contributed by atoms with Gasteiger partial charge in [0.1, 0.15) is 6.10 Å². The highest BCUT2D eigenvalue weighted by atomic mass is 16.5. The van der Waals surface area contributed by atoms with Gasteiger partial charge in [0, 0.05) is 13.3 Å². The Bertz CT molecular complexity index is 202. The van der Waals surface area contributed by atoms with Crippen molar-refractivity contribution in [3.05, 3.63) is 0 Å². The zero-order valence-corrected chi connectivity index (χ0v) is 7.29. The lowest BCUT2D eigenvalue weighted by molar-refractivity contribution is -0.151. The molecule has 2 unspecified atom stereocenters. The van der Waals surface area contributed by atoms with Crippen molar-refractivity contribution < 1.29 is 14.3 Å². The van der Waals surface area contributed by atoms with Gasteiger partial charge in [-0.15, -0.1) is 0 Å². The molecule has 68 valence electrons. The molecular weight excluding hydrogens is 158 g/mol. The van der Waals surface area contributed by atoms with Crippen molar-refractivity contribution in [3.8, 4) is 0 Å². The first-order valence-electron chi connectivity index (χ1n) is 4.06. The van der Waals surface area contributed by atoms with Crippen molar-refractivity contribution in [2.45, 2.75) is 38.8 Å². The van der Waals surface area contributed by atoms with E-state index in [4.69, 9.17) is 4.74 Å². The normalized spacial score (nSPS) is 29.3. The number of piperidine rings is 1. The van der Waals surface area contributed by atoms with Gasteiger partial charge in [-0.2, -0.15) is 0 Å². The van der Waals surface area contributed by atoms with Gasteiger partial charge in [-0.1, -0.05) is 0 Å². The minimum atomic E-state index is -0.289. The third-order valence-corrected chi connectivity index (χ3v) is 1.92. The SMILES string of the molecule is CC(=O)OC1CCC(=O)NC1C. The summed E-state index contributed by atoms with van der Waals surface area (Å²) in [6.45, 7) is 3.22. The maximum absolute atomic E-state index is 10.9. The van der Waals surface area contributed by atoms with E-state index in [1.165, 1.54) is 6.92 Å². The van der Waals surface area contributed by atoms with Gasteiger partial charge in [-0.05, 0) is 13.3 Å². The first-order valence-corrected chi connectivity index (χ1v) is 4.06. The summed E-state index contributed by atoms with van der Waals surface area (Å²) < 4.78 is 5.00. The predicted octanol–water partition coefficient (Wildman–Crippen LogP) is 0.217. The molecule has 0 aromatic carbocycles. The van der Waals surface area contributed by atoms with Crippen molar-refractivity contribution in [2.75, 3.05) is 0 Å². The number of rotatable bonds is 1. The van der Waals surface area contributed by atoms with Crippen molar-refractivity contribution in [2.24, 2.45) is 0 Å². The zero-order valence-electron chi connectivity index (χ0n) is 7.29. The van der Waals surface area contributed by atoms with Gasteiger partial charge in [-0.3, -0.25) is 9.59 Å². The van der Waals surface area contributed by atoms with Gasteiger partial charge in [-0.25, -0.2) is 0 Å². The van der Waals surface area contributed by atoms with E-state index in [-0.39, 0.29) is 24.0 Å². The topological polar surface area (TPSA) is 55.4 Å². The quantitative estimate of drug-likeness (QED) is 0.574. The summed E-state index contributed by atoms with van der Waals surface area (Å²) in [6.07, 6.45) is 0.926. The van der Waals surface area contributed by atoms with Crippen LogP contribution in [0.5, 0.6) is 0 Å². The fourth-order valence-corrected chi connectivity index (χ4v) is 1.32. The van der Waals surface area contributed by atoms with Crippen LogP contribution < -0.4 is 5.32 Å². The largest absolute Gasteiger partial charge is 0.460 e. The first-order chi connectivity index (χ1) is 5.59. The highest BCUT2D eigenvalue weighted by Crippen LogP contribution is 2.12. The molecule has 1 aliphatic heterocycles. The number of amides is 1. The van der Waals surface area contributed by atoms with Crippen LogP contribution in [0.2, 0.25) is 0 Å². The van der Waals surface area contributed by atoms with Gasteiger partial charge in [0.05, 0.1) is 6.04 Å². The number of hydrogen-bond donors (Lipinski definition) is 1. The second kappa shape index (κ2) is 3.56. The van der Waals surface area contributed by atoms with E-state index in [0.29, 0.717) is 12.8 Å². The van der Waals surface area contributed by atoms with E-state index in [0.717, 1.165) is 0 Å². The molecule has 0 bridgehead atoms. The lowest BCUT2D eigenvalue weighted by atomic mass is 10.0. The third-order valence-electron chi connectivity index (χ3n) is 1.92. The average Bonchev–Trinajstić information content (AvgIpc) is 1.94. The first kappa shape index (κ1) is 9.03. The Hall–Kier alpha value is -1.06. The van der Waals surface area contributed by atoms with Crippen LogP contribution in [0, 0.1) is 0 Å². The van der Waals surface area contributed by atoms with E-state index in [1.54, 1.807) is 0 Å². The monoisotopic (exact) mass is 171 g/mol. The Morgan fingerprint density at radius 2 is 2.33 bits per heavy atom. The Labute approximate surface area is 71.3 Å². The van der Waals surface area contributed by atoms with Gasteiger partial charge in [0.25, 0.3) is 0 Å². The molecule has 1 fully saturated rings. The summed E-state index contributed by atoms with van der Waals surface area (Å²) in [6, 6.07) is -0.0600. The number of ether oxygens (including phenoxy) is 1. The molecule has 1 saturated heterocycles. The molecule has 1 amide bonds. The maximum Gasteiger partial charge on any atom is 0.302 e. The molecule has 0 aliphatic carbocycles. The molecule has 0 radical (unpaired) electrons. The molecule has 0 aromatic rings. The highest BCUT2D eigenvalue weighted by molar-refractivity contribution is 5.77. The van der Waals surface area contributed by atoms with Gasteiger partial charge >= 0.3 is 5.97 Å². The second-order valence-electron chi connectivity index (χ2n) is 3.04. The fourth-order valence-electron chi connectivity index (χ4n) is 1.32.